The summed E-state index contributed by atoms with van der Waals surface area (Å²) in [6, 6.07) is 21.8. The Balaban J connectivity index is 0. The minimum atomic E-state index is -0.744. The average molecular weight is 750 g/mol. The zero-order chi connectivity index (χ0) is 30.1. The topological polar surface area (TPSA) is 18.5 Å². The average Bonchev–Trinajstić information content (AvgIpc) is 3.45. The van der Waals surface area contributed by atoms with E-state index in [-0.39, 0.29) is 61.8 Å². The standard InChI is InChI=1S/2C17H24OSi.CH3Si.2ClH.Zr/c2*1-6-11-17(2,3)15-12-13-9-7-8-10-14(13)16(15)18-19(4)5;1-2;;;/h2*7-10,12H,6,11H2,1-5H3;1H3;2*1H;/q2*-1;;;;+4/p-2. The predicted molar refractivity (Wildman–Crippen MR) is 183 cm³/mol. The minimum Gasteiger partial charge on any atom is -1.00 e. The molecule has 4 aromatic carbocycles. The van der Waals surface area contributed by atoms with Crippen LogP contribution in [0.5, 0.6) is 11.5 Å². The van der Waals surface area contributed by atoms with Crippen LogP contribution in [0.15, 0.2) is 60.7 Å². The molecule has 0 saturated heterocycles. The molecule has 0 aliphatic heterocycles. The molecule has 0 heterocycles. The maximum absolute atomic E-state index is 6.23. The van der Waals surface area contributed by atoms with Crippen LogP contribution >= 0.6 is 0 Å². The molecule has 0 spiro atoms. The fourth-order valence-electron chi connectivity index (χ4n) is 5.54. The van der Waals surface area contributed by atoms with Gasteiger partial charge in [0.1, 0.15) is 0 Å². The van der Waals surface area contributed by atoms with Crippen molar-refractivity contribution in [1.82, 2.24) is 0 Å². The molecule has 0 bridgehead atoms. The molecule has 0 saturated carbocycles. The van der Waals surface area contributed by atoms with E-state index in [1.54, 1.807) is 6.55 Å². The molecule has 0 aromatic heterocycles. The molecule has 5 radical (unpaired) electrons. The summed E-state index contributed by atoms with van der Waals surface area (Å²) in [7, 11) is 1.48. The summed E-state index contributed by atoms with van der Waals surface area (Å²) in [5.41, 5.74) is 3.12. The van der Waals surface area contributed by atoms with Gasteiger partial charge in [-0.1, -0.05) is 84.2 Å². The smallest absolute Gasteiger partial charge is 1.00 e. The zero-order valence-corrected chi connectivity index (χ0v) is 35.1. The van der Waals surface area contributed by atoms with Crippen LogP contribution in [-0.4, -0.2) is 28.3 Å². The number of fused-ring (bicyclic) bond motifs is 2. The quantitative estimate of drug-likeness (QED) is 0.173. The summed E-state index contributed by atoms with van der Waals surface area (Å²) >= 11 is 0. The Morgan fingerprint density at radius 3 is 1.21 bits per heavy atom. The predicted octanol–water partition coefficient (Wildman–Crippen LogP) is 4.74. The number of hydrogen-bond donors (Lipinski definition) is 0. The molecule has 0 aliphatic rings. The largest absolute Gasteiger partial charge is 4.00 e. The molecule has 0 amide bonds. The van der Waals surface area contributed by atoms with Gasteiger partial charge in [-0.15, -0.1) is 70.1 Å². The van der Waals surface area contributed by atoms with Gasteiger partial charge in [0.2, 0.25) is 0 Å². The molecule has 4 aromatic rings. The number of rotatable bonds is 10. The van der Waals surface area contributed by atoms with Crippen LogP contribution < -0.4 is 33.7 Å². The van der Waals surface area contributed by atoms with Crippen molar-refractivity contribution in [2.45, 2.75) is 111 Å². The van der Waals surface area contributed by atoms with Crippen LogP contribution in [0.1, 0.15) is 78.4 Å². The van der Waals surface area contributed by atoms with Gasteiger partial charge in [-0.25, -0.2) is 0 Å². The van der Waals surface area contributed by atoms with Crippen LogP contribution in [0.25, 0.3) is 21.5 Å². The van der Waals surface area contributed by atoms with Crippen molar-refractivity contribution in [3.63, 3.8) is 0 Å². The van der Waals surface area contributed by atoms with Gasteiger partial charge in [0.25, 0.3) is 18.1 Å². The molecule has 4 rings (SSSR count). The molecule has 0 atom stereocenters. The van der Waals surface area contributed by atoms with Crippen molar-refractivity contribution in [2.24, 2.45) is 0 Å². The Hall–Kier alpha value is -0.626. The first-order valence-corrected chi connectivity index (χ1v) is 20.6. The number of hydrogen-bond acceptors (Lipinski definition) is 2. The Morgan fingerprint density at radius 2 is 0.930 bits per heavy atom. The van der Waals surface area contributed by atoms with E-state index in [0.717, 1.165) is 11.5 Å². The summed E-state index contributed by atoms with van der Waals surface area (Å²) in [5, 5.41) is 5.15. The van der Waals surface area contributed by atoms with Crippen molar-refractivity contribution in [3.05, 3.63) is 71.8 Å². The Kier molecular flexibility index (Phi) is 21.2. The van der Waals surface area contributed by atoms with Crippen LogP contribution in [-0.2, 0) is 37.0 Å². The van der Waals surface area contributed by atoms with E-state index in [1.165, 1.54) is 58.4 Å². The Morgan fingerprint density at radius 1 is 0.628 bits per heavy atom. The Bertz CT molecular complexity index is 1230. The molecule has 0 aliphatic carbocycles. The summed E-state index contributed by atoms with van der Waals surface area (Å²) in [5.74, 6) is 2.26. The maximum atomic E-state index is 6.23. The molecule has 8 heteroatoms. The molecule has 0 N–H and O–H groups in total. The van der Waals surface area contributed by atoms with E-state index in [0.29, 0.717) is 0 Å². The van der Waals surface area contributed by atoms with Crippen molar-refractivity contribution in [1.29, 1.82) is 0 Å². The summed E-state index contributed by atoms with van der Waals surface area (Å²) in [6.45, 7) is 24.4. The fourth-order valence-corrected chi connectivity index (χ4v) is 6.80. The van der Waals surface area contributed by atoms with Crippen molar-refractivity contribution < 1.29 is 59.9 Å². The van der Waals surface area contributed by atoms with Gasteiger partial charge >= 0.3 is 26.2 Å². The molecular weight excluding hydrogens is 699 g/mol. The van der Waals surface area contributed by atoms with Crippen LogP contribution in [0.3, 0.4) is 0 Å². The third kappa shape index (κ3) is 11.9. The minimum absolute atomic E-state index is 0. The molecular formula is C35H51Cl2O2Si3Zr. The van der Waals surface area contributed by atoms with E-state index < -0.39 is 18.1 Å². The summed E-state index contributed by atoms with van der Waals surface area (Å²) in [4.78, 5) is 0. The number of halogens is 2. The van der Waals surface area contributed by atoms with Gasteiger partial charge in [-0.2, -0.15) is 0 Å². The number of benzene rings is 2. The first-order valence-electron chi connectivity index (χ1n) is 14.7. The first-order chi connectivity index (χ1) is 18.9. The van der Waals surface area contributed by atoms with E-state index >= 15 is 0 Å². The molecule has 2 nitrogen and oxygen atoms in total. The van der Waals surface area contributed by atoms with E-state index in [1.807, 2.05) is 0 Å². The summed E-state index contributed by atoms with van der Waals surface area (Å²) in [6.07, 6.45) is 4.78. The van der Waals surface area contributed by atoms with Gasteiger partial charge in [0, 0.05) is 10.2 Å². The fraction of sp³-hybridized carbons (Fsp3) is 0.486. The third-order valence-corrected chi connectivity index (χ3v) is 8.55. The summed E-state index contributed by atoms with van der Waals surface area (Å²) < 4.78 is 12.5. The normalized spacial score (nSPS) is 11.0. The van der Waals surface area contributed by atoms with Crippen LogP contribution in [0.4, 0.5) is 0 Å². The second-order valence-electron chi connectivity index (χ2n) is 12.2. The van der Waals surface area contributed by atoms with Crippen molar-refractivity contribution in [3.8, 4) is 11.5 Å². The zero-order valence-electron chi connectivity index (χ0n) is 28.2. The Labute approximate surface area is 301 Å². The van der Waals surface area contributed by atoms with Crippen LogP contribution in [0.2, 0.25) is 32.7 Å². The van der Waals surface area contributed by atoms with Gasteiger partial charge in [0.05, 0.1) is 0 Å². The van der Waals surface area contributed by atoms with Crippen molar-refractivity contribution in [2.75, 3.05) is 0 Å². The maximum Gasteiger partial charge on any atom is 4.00 e. The second kappa shape index (κ2) is 20.5. The van der Waals surface area contributed by atoms with Crippen molar-refractivity contribution >= 4 is 49.9 Å². The molecule has 43 heavy (non-hydrogen) atoms. The molecule has 0 fully saturated rings. The van der Waals surface area contributed by atoms with E-state index in [2.05, 4.69) is 139 Å². The van der Waals surface area contributed by atoms with Gasteiger partial charge in [0.15, 0.2) is 0 Å². The molecule has 0 unspecified atom stereocenters. The van der Waals surface area contributed by atoms with E-state index in [4.69, 9.17) is 8.85 Å². The van der Waals surface area contributed by atoms with Gasteiger partial charge in [-0.3, -0.25) is 0 Å². The first kappa shape index (κ1) is 44.5. The second-order valence-corrected chi connectivity index (χ2v) is 16.3. The van der Waals surface area contributed by atoms with Gasteiger partial charge < -0.3 is 33.7 Å². The molecule has 233 valence electrons. The SMILES string of the molecule is CCCC(C)(C)c1[cH-]c2ccccc2c1O[Si](C)C.CCCC(C)(C)c1[cH-]c2ccccc2c1O[Si](C)C.C[Si].[Cl-].[Cl-].[Zr+4]. The monoisotopic (exact) mass is 747 g/mol. The van der Waals surface area contributed by atoms with Gasteiger partial charge in [-0.05, 0) is 61.4 Å². The van der Waals surface area contributed by atoms with E-state index in [9.17, 15) is 0 Å². The van der Waals surface area contributed by atoms with Crippen LogP contribution in [0, 0.1) is 0 Å². The third-order valence-electron chi connectivity index (χ3n) is 7.32.